The first-order valence-corrected chi connectivity index (χ1v) is 6.73. The highest BCUT2D eigenvalue weighted by atomic mass is 16.1. The fraction of sp³-hybridized carbons (Fsp3) is 0.929. The fourth-order valence-electron chi connectivity index (χ4n) is 3.62. The summed E-state index contributed by atoms with van der Waals surface area (Å²) < 4.78 is 0. The summed E-state index contributed by atoms with van der Waals surface area (Å²) in [6.45, 7) is 9.58. The molecule has 2 fully saturated rings. The highest BCUT2D eigenvalue weighted by molar-refractivity contribution is 5.86. The van der Waals surface area contributed by atoms with Gasteiger partial charge in [0.15, 0.2) is 0 Å². The van der Waals surface area contributed by atoms with Crippen molar-refractivity contribution in [2.45, 2.75) is 65.5 Å². The van der Waals surface area contributed by atoms with Crippen LogP contribution in [0.15, 0.2) is 0 Å². The SMILES string of the molecule is CCN1[C@@H]2CC[C@H]1CC(C(=O)C(C)(C)C)C2. The van der Waals surface area contributed by atoms with E-state index < -0.39 is 0 Å². The van der Waals surface area contributed by atoms with Gasteiger partial charge in [-0.05, 0) is 32.2 Å². The third-order valence-corrected chi connectivity index (χ3v) is 4.36. The normalized spacial score (nSPS) is 35.4. The Morgan fingerprint density at radius 1 is 1.19 bits per heavy atom. The van der Waals surface area contributed by atoms with E-state index in [2.05, 4.69) is 32.6 Å². The number of carbonyl (C=O) groups is 1. The van der Waals surface area contributed by atoms with Crippen LogP contribution in [0.1, 0.15) is 53.4 Å². The molecular weight excluding hydrogens is 198 g/mol. The molecule has 2 heteroatoms. The van der Waals surface area contributed by atoms with E-state index in [-0.39, 0.29) is 5.41 Å². The zero-order valence-electron chi connectivity index (χ0n) is 11.1. The maximum absolute atomic E-state index is 12.3. The summed E-state index contributed by atoms with van der Waals surface area (Å²) in [6, 6.07) is 1.39. The Balaban J connectivity index is 2.05. The summed E-state index contributed by atoms with van der Waals surface area (Å²) in [5.74, 6) is 0.820. The summed E-state index contributed by atoms with van der Waals surface area (Å²) in [5, 5.41) is 0. The van der Waals surface area contributed by atoms with Gasteiger partial charge in [0.1, 0.15) is 5.78 Å². The van der Waals surface area contributed by atoms with Crippen LogP contribution in [0.3, 0.4) is 0 Å². The lowest BCUT2D eigenvalue weighted by molar-refractivity contribution is -0.132. The molecule has 0 spiro atoms. The molecule has 2 heterocycles. The molecule has 92 valence electrons. The zero-order chi connectivity index (χ0) is 11.9. The third kappa shape index (κ3) is 2.04. The van der Waals surface area contributed by atoms with Crippen molar-refractivity contribution in [3.05, 3.63) is 0 Å². The molecule has 3 atom stereocenters. The van der Waals surface area contributed by atoms with Crippen molar-refractivity contribution >= 4 is 5.78 Å². The number of rotatable bonds is 2. The molecule has 0 saturated carbocycles. The van der Waals surface area contributed by atoms with Gasteiger partial charge in [-0.25, -0.2) is 0 Å². The third-order valence-electron chi connectivity index (χ3n) is 4.36. The second kappa shape index (κ2) is 4.14. The molecule has 0 N–H and O–H groups in total. The molecule has 16 heavy (non-hydrogen) atoms. The fourth-order valence-corrected chi connectivity index (χ4v) is 3.62. The van der Waals surface area contributed by atoms with E-state index in [0.717, 1.165) is 19.4 Å². The Kier molecular flexibility index (Phi) is 3.13. The quantitative estimate of drug-likeness (QED) is 0.717. The van der Waals surface area contributed by atoms with Crippen LogP contribution in [0, 0.1) is 11.3 Å². The van der Waals surface area contributed by atoms with Gasteiger partial charge in [0.05, 0.1) is 0 Å². The Morgan fingerprint density at radius 2 is 1.69 bits per heavy atom. The van der Waals surface area contributed by atoms with E-state index in [1.807, 2.05) is 0 Å². The van der Waals surface area contributed by atoms with Gasteiger partial charge in [-0.1, -0.05) is 27.7 Å². The van der Waals surface area contributed by atoms with Gasteiger partial charge < -0.3 is 0 Å². The smallest absolute Gasteiger partial charge is 0.141 e. The first kappa shape index (κ1) is 12.1. The molecular formula is C14H25NO. The Hall–Kier alpha value is -0.370. The van der Waals surface area contributed by atoms with Crippen LogP contribution in [0.5, 0.6) is 0 Å². The van der Waals surface area contributed by atoms with E-state index in [9.17, 15) is 4.79 Å². The lowest BCUT2D eigenvalue weighted by Crippen LogP contribution is -2.46. The first-order chi connectivity index (χ1) is 7.43. The van der Waals surface area contributed by atoms with Crippen LogP contribution in [0.25, 0.3) is 0 Å². The second-order valence-corrected chi connectivity index (χ2v) is 6.50. The van der Waals surface area contributed by atoms with Crippen LogP contribution in [0.2, 0.25) is 0 Å². The number of carbonyl (C=O) groups excluding carboxylic acids is 1. The van der Waals surface area contributed by atoms with Gasteiger partial charge in [0.25, 0.3) is 0 Å². The maximum Gasteiger partial charge on any atom is 0.141 e. The van der Waals surface area contributed by atoms with Gasteiger partial charge in [0.2, 0.25) is 0 Å². The maximum atomic E-state index is 12.3. The molecule has 0 amide bonds. The van der Waals surface area contributed by atoms with Crippen molar-refractivity contribution in [2.75, 3.05) is 6.54 Å². The van der Waals surface area contributed by atoms with Crippen molar-refractivity contribution < 1.29 is 4.79 Å². The Morgan fingerprint density at radius 3 is 2.06 bits per heavy atom. The minimum Gasteiger partial charge on any atom is -0.299 e. The summed E-state index contributed by atoms with van der Waals surface area (Å²) in [4.78, 5) is 14.9. The minimum atomic E-state index is -0.154. The van der Waals surface area contributed by atoms with Crippen molar-refractivity contribution in [3.63, 3.8) is 0 Å². The number of Topliss-reactive ketones (excluding diaryl/α,β-unsaturated/α-hetero) is 1. The van der Waals surface area contributed by atoms with Crippen molar-refractivity contribution in [3.8, 4) is 0 Å². The van der Waals surface area contributed by atoms with Crippen LogP contribution in [-0.4, -0.2) is 29.3 Å². The number of ketones is 1. The summed E-state index contributed by atoms with van der Waals surface area (Å²) in [7, 11) is 0. The van der Waals surface area contributed by atoms with E-state index in [1.54, 1.807) is 0 Å². The van der Waals surface area contributed by atoms with Crippen LogP contribution in [-0.2, 0) is 4.79 Å². The molecule has 2 saturated heterocycles. The molecule has 2 nitrogen and oxygen atoms in total. The number of fused-ring (bicyclic) bond motifs is 2. The topological polar surface area (TPSA) is 20.3 Å². The van der Waals surface area contributed by atoms with Gasteiger partial charge in [-0.2, -0.15) is 0 Å². The van der Waals surface area contributed by atoms with E-state index in [4.69, 9.17) is 0 Å². The lowest BCUT2D eigenvalue weighted by atomic mass is 9.77. The Bertz CT molecular complexity index is 265. The largest absolute Gasteiger partial charge is 0.299 e. The average molecular weight is 223 g/mol. The summed E-state index contributed by atoms with van der Waals surface area (Å²) in [6.07, 6.45) is 4.85. The van der Waals surface area contributed by atoms with Crippen LogP contribution < -0.4 is 0 Å². The summed E-state index contributed by atoms with van der Waals surface area (Å²) >= 11 is 0. The minimum absolute atomic E-state index is 0.154. The average Bonchev–Trinajstić information content (AvgIpc) is 2.45. The molecule has 0 aromatic heterocycles. The lowest BCUT2D eigenvalue weighted by Gasteiger charge is -2.39. The molecule has 0 aromatic carbocycles. The number of piperidine rings is 1. The predicted octanol–water partition coefficient (Wildman–Crippen LogP) is 2.86. The van der Waals surface area contributed by atoms with Crippen molar-refractivity contribution in [2.24, 2.45) is 11.3 Å². The number of nitrogens with zero attached hydrogens (tertiary/aromatic N) is 1. The van der Waals surface area contributed by atoms with Crippen molar-refractivity contribution in [1.29, 1.82) is 0 Å². The standard InChI is InChI=1S/C14H25NO/c1-5-15-11-6-7-12(15)9-10(8-11)13(16)14(2,3)4/h10-12H,5-9H2,1-4H3/t10?,11-,12+. The van der Waals surface area contributed by atoms with Gasteiger partial charge >= 0.3 is 0 Å². The summed E-state index contributed by atoms with van der Waals surface area (Å²) in [5.41, 5.74) is -0.154. The molecule has 1 unspecified atom stereocenters. The van der Waals surface area contributed by atoms with Gasteiger partial charge in [0, 0.05) is 23.4 Å². The monoisotopic (exact) mass is 223 g/mol. The highest BCUT2D eigenvalue weighted by Gasteiger charge is 2.43. The molecule has 2 rings (SSSR count). The van der Waals surface area contributed by atoms with Crippen molar-refractivity contribution in [1.82, 2.24) is 4.90 Å². The second-order valence-electron chi connectivity index (χ2n) is 6.50. The molecule has 0 aromatic rings. The molecule has 2 aliphatic rings. The molecule has 2 bridgehead atoms. The zero-order valence-corrected chi connectivity index (χ0v) is 11.1. The van der Waals surface area contributed by atoms with Gasteiger partial charge in [-0.3, -0.25) is 9.69 Å². The van der Waals surface area contributed by atoms with Crippen LogP contribution >= 0.6 is 0 Å². The van der Waals surface area contributed by atoms with Crippen LogP contribution in [0.4, 0.5) is 0 Å². The predicted molar refractivity (Wildman–Crippen MR) is 66.4 cm³/mol. The van der Waals surface area contributed by atoms with Gasteiger partial charge in [-0.15, -0.1) is 0 Å². The first-order valence-electron chi connectivity index (χ1n) is 6.73. The van der Waals surface area contributed by atoms with E-state index >= 15 is 0 Å². The highest BCUT2D eigenvalue weighted by Crippen LogP contribution is 2.40. The molecule has 2 aliphatic heterocycles. The molecule has 0 aliphatic carbocycles. The molecule has 0 radical (unpaired) electrons. The number of hydrogen-bond donors (Lipinski definition) is 0. The Labute approximate surface area is 99.4 Å². The van der Waals surface area contributed by atoms with E-state index in [1.165, 1.54) is 12.8 Å². The van der Waals surface area contributed by atoms with E-state index in [0.29, 0.717) is 23.8 Å². The number of hydrogen-bond acceptors (Lipinski definition) is 2.